The number of hydrogen-bond donors (Lipinski definition) is 0. The lowest BCUT2D eigenvalue weighted by Gasteiger charge is -2.04. The molecule has 0 bridgehead atoms. The third kappa shape index (κ3) is 2.76. The first-order valence-electron chi connectivity index (χ1n) is 6.37. The lowest BCUT2D eigenvalue weighted by atomic mass is 10.2. The minimum Gasteiger partial charge on any atom is -0.276 e. The van der Waals surface area contributed by atoms with Gasteiger partial charge in [-0.1, -0.05) is 13.8 Å². The van der Waals surface area contributed by atoms with Crippen LogP contribution < -0.4 is 0 Å². The second-order valence-electron chi connectivity index (χ2n) is 4.41. The monoisotopic (exact) mass is 358 g/mol. The van der Waals surface area contributed by atoms with Gasteiger partial charge in [0.05, 0.1) is 21.2 Å². The summed E-state index contributed by atoms with van der Waals surface area (Å²) >= 11 is 2.42. The average molecular weight is 358 g/mol. The fourth-order valence-electron chi connectivity index (χ4n) is 2.11. The van der Waals surface area contributed by atoms with Crippen LogP contribution in [0.2, 0.25) is 0 Å². The molecule has 2 rings (SSSR count). The molecule has 0 aliphatic rings. The summed E-state index contributed by atoms with van der Waals surface area (Å²) < 4.78 is 5.34. The zero-order valence-corrected chi connectivity index (χ0v) is 13.3. The molecule has 0 saturated carbocycles. The highest BCUT2D eigenvalue weighted by Gasteiger charge is 2.12. The molecule has 0 saturated heterocycles. The molecule has 0 unspecified atom stereocenters. The Kier molecular flexibility index (Phi) is 4.42. The van der Waals surface area contributed by atoms with Crippen molar-refractivity contribution >= 4 is 22.6 Å². The topological polar surface area (TPSA) is 35.6 Å². The third-order valence-electron chi connectivity index (χ3n) is 3.10. The summed E-state index contributed by atoms with van der Waals surface area (Å²) in [5.74, 6) is 0. The van der Waals surface area contributed by atoms with Crippen molar-refractivity contribution in [1.82, 2.24) is 19.6 Å². The van der Waals surface area contributed by atoms with Gasteiger partial charge in [0.2, 0.25) is 0 Å². The fourth-order valence-corrected chi connectivity index (χ4v) is 3.26. The van der Waals surface area contributed by atoms with Crippen molar-refractivity contribution in [3.8, 4) is 0 Å². The highest BCUT2D eigenvalue weighted by molar-refractivity contribution is 14.1. The molecule has 0 aliphatic carbocycles. The Balaban J connectivity index is 2.13. The van der Waals surface area contributed by atoms with Crippen LogP contribution in [0.3, 0.4) is 0 Å². The van der Waals surface area contributed by atoms with Gasteiger partial charge in [0.1, 0.15) is 0 Å². The van der Waals surface area contributed by atoms with Crippen molar-refractivity contribution in [1.29, 1.82) is 0 Å². The minimum absolute atomic E-state index is 0.935. The summed E-state index contributed by atoms with van der Waals surface area (Å²) in [5.41, 5.74) is 3.85. The van der Waals surface area contributed by atoms with Crippen LogP contribution in [0.4, 0.5) is 0 Å². The Morgan fingerprint density at radius 3 is 2.61 bits per heavy atom. The zero-order chi connectivity index (χ0) is 13.1. The molecular formula is C13H19IN4. The number of nitrogens with zero attached hydrogens (tertiary/aromatic N) is 4. The second kappa shape index (κ2) is 5.86. The third-order valence-corrected chi connectivity index (χ3v) is 4.35. The summed E-state index contributed by atoms with van der Waals surface area (Å²) in [5, 5.41) is 8.90. The Labute approximate surface area is 122 Å². The fraction of sp³-hybridized carbons (Fsp3) is 0.538. The van der Waals surface area contributed by atoms with E-state index in [1.165, 1.54) is 20.5 Å². The standard InChI is InChI=1S/C13H19IN4/c1-4-11-13(14)12(5-2)18(16-11)7-6-10-8-15-17(3)9-10/h8-9H,4-7H2,1-3H3. The van der Waals surface area contributed by atoms with Gasteiger partial charge in [-0.3, -0.25) is 9.36 Å². The number of hydrogen-bond acceptors (Lipinski definition) is 2. The smallest absolute Gasteiger partial charge is 0.0758 e. The molecule has 5 heteroatoms. The maximum atomic E-state index is 4.70. The van der Waals surface area contributed by atoms with Gasteiger partial charge in [-0.2, -0.15) is 10.2 Å². The minimum atomic E-state index is 0.935. The van der Waals surface area contributed by atoms with Gasteiger partial charge in [0.15, 0.2) is 0 Å². The van der Waals surface area contributed by atoms with Crippen LogP contribution in [-0.4, -0.2) is 19.6 Å². The number of halogens is 1. The normalized spacial score (nSPS) is 11.1. The van der Waals surface area contributed by atoms with Crippen molar-refractivity contribution in [2.45, 2.75) is 39.7 Å². The van der Waals surface area contributed by atoms with E-state index in [2.05, 4.69) is 52.4 Å². The van der Waals surface area contributed by atoms with Gasteiger partial charge in [-0.25, -0.2) is 0 Å². The van der Waals surface area contributed by atoms with Crippen LogP contribution in [0.1, 0.15) is 30.8 Å². The van der Waals surface area contributed by atoms with Gasteiger partial charge < -0.3 is 0 Å². The summed E-state index contributed by atoms with van der Waals surface area (Å²) in [6, 6.07) is 0. The van der Waals surface area contributed by atoms with Gasteiger partial charge in [0.25, 0.3) is 0 Å². The molecule has 18 heavy (non-hydrogen) atoms. The summed E-state index contributed by atoms with van der Waals surface area (Å²) in [6.07, 6.45) is 7.03. The lowest BCUT2D eigenvalue weighted by Crippen LogP contribution is -2.07. The van der Waals surface area contributed by atoms with E-state index < -0.39 is 0 Å². The highest BCUT2D eigenvalue weighted by atomic mass is 127. The van der Waals surface area contributed by atoms with E-state index in [1.807, 2.05) is 17.9 Å². The maximum absolute atomic E-state index is 4.70. The number of aromatic nitrogens is 4. The molecule has 0 atom stereocenters. The van der Waals surface area contributed by atoms with Crippen molar-refractivity contribution in [3.05, 3.63) is 32.9 Å². The van der Waals surface area contributed by atoms with Gasteiger partial charge >= 0.3 is 0 Å². The molecule has 98 valence electrons. The quantitative estimate of drug-likeness (QED) is 0.771. The van der Waals surface area contributed by atoms with Crippen molar-refractivity contribution in [2.24, 2.45) is 7.05 Å². The predicted octanol–water partition coefficient (Wildman–Crippen LogP) is 2.59. The molecule has 4 nitrogen and oxygen atoms in total. The van der Waals surface area contributed by atoms with Crippen LogP contribution in [-0.2, 0) is 32.9 Å². The molecular weight excluding hydrogens is 339 g/mol. The van der Waals surface area contributed by atoms with E-state index >= 15 is 0 Å². The highest BCUT2D eigenvalue weighted by Crippen LogP contribution is 2.18. The first kappa shape index (κ1) is 13.6. The average Bonchev–Trinajstić information content (AvgIpc) is 2.90. The first-order valence-corrected chi connectivity index (χ1v) is 7.45. The molecule has 2 aromatic heterocycles. The Bertz CT molecular complexity index is 527. The largest absolute Gasteiger partial charge is 0.276 e. The Morgan fingerprint density at radius 2 is 2.06 bits per heavy atom. The van der Waals surface area contributed by atoms with E-state index in [9.17, 15) is 0 Å². The van der Waals surface area contributed by atoms with E-state index in [1.54, 1.807) is 0 Å². The SMILES string of the molecule is CCc1nn(CCc2cnn(C)c2)c(CC)c1I. The second-order valence-corrected chi connectivity index (χ2v) is 5.49. The molecule has 0 amide bonds. The summed E-state index contributed by atoms with van der Waals surface area (Å²) in [7, 11) is 1.95. The van der Waals surface area contributed by atoms with E-state index in [0.717, 1.165) is 25.8 Å². The molecule has 2 aromatic rings. The van der Waals surface area contributed by atoms with Crippen LogP contribution in [0.25, 0.3) is 0 Å². The van der Waals surface area contributed by atoms with E-state index in [0.29, 0.717) is 0 Å². The maximum Gasteiger partial charge on any atom is 0.0758 e. The van der Waals surface area contributed by atoms with Crippen molar-refractivity contribution < 1.29 is 0 Å². The summed E-state index contributed by atoms with van der Waals surface area (Å²) in [4.78, 5) is 0. The predicted molar refractivity (Wildman–Crippen MR) is 80.6 cm³/mol. The Morgan fingerprint density at radius 1 is 1.28 bits per heavy atom. The molecule has 0 fully saturated rings. The van der Waals surface area contributed by atoms with Gasteiger partial charge in [-0.15, -0.1) is 0 Å². The van der Waals surface area contributed by atoms with Gasteiger partial charge in [-0.05, 0) is 47.4 Å². The molecule has 0 aliphatic heterocycles. The molecule has 2 heterocycles. The molecule has 0 N–H and O–H groups in total. The Hall–Kier alpha value is -0.850. The van der Waals surface area contributed by atoms with Crippen LogP contribution >= 0.6 is 22.6 Å². The number of aryl methyl sites for hydroxylation is 4. The first-order chi connectivity index (χ1) is 8.65. The van der Waals surface area contributed by atoms with Crippen molar-refractivity contribution in [2.75, 3.05) is 0 Å². The van der Waals surface area contributed by atoms with Gasteiger partial charge in [0, 0.05) is 19.8 Å². The molecule has 0 radical (unpaired) electrons. The van der Waals surface area contributed by atoms with Crippen molar-refractivity contribution in [3.63, 3.8) is 0 Å². The molecule has 0 aromatic carbocycles. The van der Waals surface area contributed by atoms with Crippen LogP contribution in [0.5, 0.6) is 0 Å². The lowest BCUT2D eigenvalue weighted by molar-refractivity contribution is 0.580. The zero-order valence-electron chi connectivity index (χ0n) is 11.1. The number of rotatable bonds is 5. The van der Waals surface area contributed by atoms with E-state index in [4.69, 9.17) is 5.10 Å². The summed E-state index contributed by atoms with van der Waals surface area (Å²) in [6.45, 7) is 5.29. The van der Waals surface area contributed by atoms with E-state index in [-0.39, 0.29) is 0 Å². The van der Waals surface area contributed by atoms with Crippen LogP contribution in [0.15, 0.2) is 12.4 Å². The van der Waals surface area contributed by atoms with Crippen LogP contribution in [0, 0.1) is 3.57 Å². The molecule has 0 spiro atoms.